The Morgan fingerprint density at radius 1 is 1.06 bits per heavy atom. The second-order valence-corrected chi connectivity index (χ2v) is 7.21. The van der Waals surface area contributed by atoms with Crippen LogP contribution in [0.2, 0.25) is 0 Å². The molecular formula is C21H19F3N4O3. The van der Waals surface area contributed by atoms with Gasteiger partial charge in [0.05, 0.1) is 12.1 Å². The summed E-state index contributed by atoms with van der Waals surface area (Å²) in [5, 5.41) is 13.4. The molecule has 1 amide bonds. The molecule has 1 aliphatic rings. The molecule has 0 unspecified atom stereocenters. The minimum Gasteiger partial charge on any atom is -0.508 e. The smallest absolute Gasteiger partial charge is 0.416 e. The summed E-state index contributed by atoms with van der Waals surface area (Å²) in [6.45, 7) is 2.59. The Hall–Kier alpha value is -3.40. The number of nitrogens with zero attached hydrogens (tertiary/aromatic N) is 4. The molecule has 31 heavy (non-hydrogen) atoms. The molecule has 0 bridgehead atoms. The van der Waals surface area contributed by atoms with E-state index in [-0.39, 0.29) is 17.5 Å². The van der Waals surface area contributed by atoms with E-state index in [1.807, 2.05) is 0 Å². The van der Waals surface area contributed by atoms with Crippen molar-refractivity contribution in [3.8, 4) is 17.1 Å². The van der Waals surface area contributed by atoms with Crippen molar-refractivity contribution in [3.63, 3.8) is 0 Å². The second kappa shape index (κ2) is 8.38. The molecule has 2 aromatic carbocycles. The third-order valence-corrected chi connectivity index (χ3v) is 5.05. The van der Waals surface area contributed by atoms with E-state index >= 15 is 0 Å². The fourth-order valence-corrected chi connectivity index (χ4v) is 3.37. The first kappa shape index (κ1) is 20.9. The average Bonchev–Trinajstić information content (AvgIpc) is 3.22. The summed E-state index contributed by atoms with van der Waals surface area (Å²) in [5.41, 5.74) is 0.133. The summed E-state index contributed by atoms with van der Waals surface area (Å²) >= 11 is 0. The minimum absolute atomic E-state index is 0.0460. The van der Waals surface area contributed by atoms with Gasteiger partial charge in [-0.1, -0.05) is 23.4 Å². The van der Waals surface area contributed by atoms with Gasteiger partial charge in [0.2, 0.25) is 11.7 Å². The molecule has 1 fully saturated rings. The number of aromatic hydroxyl groups is 1. The Morgan fingerprint density at radius 3 is 2.42 bits per heavy atom. The van der Waals surface area contributed by atoms with E-state index in [9.17, 15) is 23.1 Å². The van der Waals surface area contributed by atoms with Crippen molar-refractivity contribution < 1.29 is 27.6 Å². The van der Waals surface area contributed by atoms with E-state index in [0.717, 1.165) is 12.1 Å². The number of alkyl halides is 3. The lowest BCUT2D eigenvalue weighted by Crippen LogP contribution is -2.48. The molecule has 7 nitrogen and oxygen atoms in total. The normalized spacial score (nSPS) is 15.3. The van der Waals surface area contributed by atoms with Gasteiger partial charge in [-0.15, -0.1) is 0 Å². The number of hydrogen-bond donors (Lipinski definition) is 1. The Kier molecular flexibility index (Phi) is 5.64. The van der Waals surface area contributed by atoms with E-state index < -0.39 is 11.7 Å². The van der Waals surface area contributed by atoms with Crippen LogP contribution in [-0.4, -0.2) is 57.1 Å². The number of rotatable bonds is 4. The van der Waals surface area contributed by atoms with Gasteiger partial charge in [-0.3, -0.25) is 9.69 Å². The molecule has 3 aromatic rings. The molecule has 0 radical (unpaired) electrons. The molecule has 2 heterocycles. The summed E-state index contributed by atoms with van der Waals surface area (Å²) in [6.07, 6.45) is -4.40. The van der Waals surface area contributed by atoms with Gasteiger partial charge in [0.1, 0.15) is 5.75 Å². The summed E-state index contributed by atoms with van der Waals surface area (Å²) in [4.78, 5) is 20.6. The van der Waals surface area contributed by atoms with Gasteiger partial charge < -0.3 is 14.5 Å². The highest BCUT2D eigenvalue weighted by Gasteiger charge is 2.30. The van der Waals surface area contributed by atoms with Crippen molar-refractivity contribution in [2.45, 2.75) is 12.7 Å². The number of piperazine rings is 1. The Labute approximate surface area is 175 Å². The molecule has 1 saturated heterocycles. The number of benzene rings is 2. The zero-order valence-corrected chi connectivity index (χ0v) is 16.3. The zero-order valence-electron chi connectivity index (χ0n) is 16.3. The lowest BCUT2D eigenvalue weighted by molar-refractivity contribution is -0.137. The van der Waals surface area contributed by atoms with E-state index in [0.29, 0.717) is 49.7 Å². The summed E-state index contributed by atoms with van der Waals surface area (Å²) < 4.78 is 43.3. The van der Waals surface area contributed by atoms with Gasteiger partial charge in [-0.25, -0.2) is 0 Å². The molecule has 1 aliphatic heterocycles. The van der Waals surface area contributed by atoms with Crippen LogP contribution in [0.3, 0.4) is 0 Å². The lowest BCUT2D eigenvalue weighted by atomic mass is 10.1. The molecule has 1 N–H and O–H groups in total. The lowest BCUT2D eigenvalue weighted by Gasteiger charge is -2.34. The Bertz CT molecular complexity index is 1060. The topological polar surface area (TPSA) is 82.7 Å². The summed E-state index contributed by atoms with van der Waals surface area (Å²) in [6, 6.07) is 10.8. The van der Waals surface area contributed by atoms with Crippen LogP contribution in [0.15, 0.2) is 53.1 Å². The van der Waals surface area contributed by atoms with Crippen LogP contribution < -0.4 is 0 Å². The number of phenols is 1. The zero-order chi connectivity index (χ0) is 22.0. The van der Waals surface area contributed by atoms with Crippen molar-refractivity contribution >= 4 is 5.91 Å². The average molecular weight is 432 g/mol. The highest BCUT2D eigenvalue weighted by atomic mass is 19.4. The largest absolute Gasteiger partial charge is 0.508 e. The first-order chi connectivity index (χ1) is 14.8. The van der Waals surface area contributed by atoms with Crippen LogP contribution in [0.4, 0.5) is 13.2 Å². The quantitative estimate of drug-likeness (QED) is 0.680. The standard InChI is InChI=1S/C21H19F3N4O3/c22-21(23,24)16-6-4-14(5-7-16)19-25-18(31-26-19)13-27-8-10-28(11-9-27)20(30)15-2-1-3-17(29)12-15/h1-7,12,29H,8-11,13H2. The predicted octanol–water partition coefficient (Wildman–Crippen LogP) is 3.42. The number of halogens is 3. The number of phenolic OH excluding ortho intramolecular Hbond substituents is 1. The third-order valence-electron chi connectivity index (χ3n) is 5.05. The highest BCUT2D eigenvalue weighted by molar-refractivity contribution is 5.94. The van der Waals surface area contributed by atoms with Gasteiger partial charge in [0, 0.05) is 37.3 Å². The fraction of sp³-hybridized carbons (Fsp3) is 0.286. The molecule has 10 heteroatoms. The van der Waals surface area contributed by atoms with Gasteiger partial charge in [-0.2, -0.15) is 18.2 Å². The highest BCUT2D eigenvalue weighted by Crippen LogP contribution is 2.30. The van der Waals surface area contributed by atoms with Crippen LogP contribution in [0.25, 0.3) is 11.4 Å². The van der Waals surface area contributed by atoms with Crippen molar-refractivity contribution in [1.29, 1.82) is 0 Å². The summed E-state index contributed by atoms with van der Waals surface area (Å²) in [5.74, 6) is 0.478. The number of amides is 1. The maximum absolute atomic E-state index is 12.7. The number of aromatic nitrogens is 2. The van der Waals surface area contributed by atoms with Crippen molar-refractivity contribution in [3.05, 3.63) is 65.5 Å². The molecule has 0 saturated carbocycles. The number of carbonyl (C=O) groups is 1. The third kappa shape index (κ3) is 4.85. The monoisotopic (exact) mass is 432 g/mol. The van der Waals surface area contributed by atoms with E-state index in [1.54, 1.807) is 17.0 Å². The van der Waals surface area contributed by atoms with Crippen LogP contribution in [0.1, 0.15) is 21.8 Å². The molecular weight excluding hydrogens is 413 g/mol. The summed E-state index contributed by atoms with van der Waals surface area (Å²) in [7, 11) is 0. The molecule has 0 spiro atoms. The molecule has 1 aromatic heterocycles. The van der Waals surface area contributed by atoms with Crippen LogP contribution in [-0.2, 0) is 12.7 Å². The predicted molar refractivity (Wildman–Crippen MR) is 104 cm³/mol. The first-order valence-electron chi connectivity index (χ1n) is 9.60. The minimum atomic E-state index is -4.40. The van der Waals surface area contributed by atoms with Crippen LogP contribution >= 0.6 is 0 Å². The van der Waals surface area contributed by atoms with E-state index in [1.165, 1.54) is 24.3 Å². The Morgan fingerprint density at radius 2 is 1.77 bits per heavy atom. The molecule has 0 atom stereocenters. The van der Waals surface area contributed by atoms with Crippen molar-refractivity contribution in [2.24, 2.45) is 0 Å². The maximum Gasteiger partial charge on any atom is 0.416 e. The second-order valence-electron chi connectivity index (χ2n) is 7.21. The maximum atomic E-state index is 12.7. The SMILES string of the molecule is O=C(c1cccc(O)c1)N1CCN(Cc2nc(-c3ccc(C(F)(F)F)cc3)no2)CC1. The van der Waals surface area contributed by atoms with Crippen molar-refractivity contribution in [2.75, 3.05) is 26.2 Å². The van der Waals surface area contributed by atoms with Gasteiger partial charge in [-0.05, 0) is 30.3 Å². The van der Waals surface area contributed by atoms with Crippen LogP contribution in [0, 0.1) is 0 Å². The molecule has 0 aliphatic carbocycles. The van der Waals surface area contributed by atoms with Crippen LogP contribution in [0.5, 0.6) is 5.75 Å². The van der Waals surface area contributed by atoms with Crippen molar-refractivity contribution in [1.82, 2.24) is 19.9 Å². The van der Waals surface area contributed by atoms with E-state index in [2.05, 4.69) is 15.0 Å². The fourth-order valence-electron chi connectivity index (χ4n) is 3.37. The number of carbonyl (C=O) groups excluding carboxylic acids is 1. The van der Waals surface area contributed by atoms with Gasteiger partial charge in [0.25, 0.3) is 5.91 Å². The Balaban J connectivity index is 1.33. The molecule has 162 valence electrons. The first-order valence-corrected chi connectivity index (χ1v) is 9.60. The van der Waals surface area contributed by atoms with E-state index in [4.69, 9.17) is 4.52 Å². The number of hydrogen-bond acceptors (Lipinski definition) is 6. The van der Waals surface area contributed by atoms with Gasteiger partial charge >= 0.3 is 6.18 Å². The molecule has 4 rings (SSSR count). The van der Waals surface area contributed by atoms with Gasteiger partial charge in [0.15, 0.2) is 0 Å².